The number of aromatic nitrogens is 3. The minimum Gasteiger partial charge on any atom is -0.342 e. The molecule has 0 amide bonds. The molecule has 0 radical (unpaired) electrons. The fourth-order valence-electron chi connectivity index (χ4n) is 3.24. The van der Waals surface area contributed by atoms with Crippen LogP contribution in [0.5, 0.6) is 0 Å². The zero-order chi connectivity index (χ0) is 18.7. The maximum absolute atomic E-state index is 5.29. The van der Waals surface area contributed by atoms with Crippen molar-refractivity contribution in [3.05, 3.63) is 9.54 Å². The first-order chi connectivity index (χ1) is 12.0. The molecule has 0 spiro atoms. The van der Waals surface area contributed by atoms with E-state index in [-0.39, 0.29) is 0 Å². The van der Waals surface area contributed by atoms with Gasteiger partial charge in [0, 0.05) is 13.1 Å². The van der Waals surface area contributed by atoms with Crippen molar-refractivity contribution in [3.63, 3.8) is 0 Å². The molecule has 0 saturated carbocycles. The summed E-state index contributed by atoms with van der Waals surface area (Å²) >= 11 is 10.5. The lowest BCUT2D eigenvalue weighted by atomic mass is 9.96. The van der Waals surface area contributed by atoms with E-state index >= 15 is 0 Å². The molecule has 144 valence electrons. The van der Waals surface area contributed by atoms with Crippen LogP contribution in [0, 0.1) is 21.4 Å². The summed E-state index contributed by atoms with van der Waals surface area (Å²) in [7, 11) is 0. The molecule has 1 aromatic rings. The van der Waals surface area contributed by atoms with E-state index in [1.807, 2.05) is 0 Å². The molecule has 0 saturated heterocycles. The van der Waals surface area contributed by atoms with Crippen LogP contribution in [-0.2, 0) is 0 Å². The highest BCUT2D eigenvalue weighted by molar-refractivity contribution is 7.71. The Morgan fingerprint density at radius 3 is 1.80 bits per heavy atom. The summed E-state index contributed by atoms with van der Waals surface area (Å²) in [5, 5.41) is 0. The molecule has 0 aromatic carbocycles. The monoisotopic (exact) mass is 384 g/mol. The van der Waals surface area contributed by atoms with Crippen molar-refractivity contribution < 1.29 is 0 Å². The zero-order valence-electron chi connectivity index (χ0n) is 16.4. The normalized spacial score (nSPS) is 13.6. The molecule has 0 aliphatic rings. The lowest BCUT2D eigenvalue weighted by Crippen LogP contribution is -2.35. The molecule has 4 nitrogen and oxygen atoms in total. The van der Waals surface area contributed by atoms with Gasteiger partial charge in [0.1, 0.15) is 0 Å². The summed E-state index contributed by atoms with van der Waals surface area (Å²) in [5.41, 5.74) is 0. The first-order valence-electron chi connectivity index (χ1n) is 9.99. The van der Waals surface area contributed by atoms with Gasteiger partial charge in [-0.3, -0.25) is 0 Å². The van der Waals surface area contributed by atoms with E-state index in [0.29, 0.717) is 21.4 Å². The van der Waals surface area contributed by atoms with Crippen LogP contribution in [0.1, 0.15) is 79.1 Å². The molecular weight excluding hydrogens is 348 g/mol. The number of hydrogen-bond acceptors (Lipinski definition) is 4. The van der Waals surface area contributed by atoms with Crippen LogP contribution in [0.3, 0.4) is 0 Å². The third-order valence-electron chi connectivity index (χ3n) is 5.00. The number of hydrogen-bond donors (Lipinski definition) is 2. The van der Waals surface area contributed by atoms with Gasteiger partial charge >= 0.3 is 0 Å². The molecule has 0 fully saturated rings. The molecule has 0 aliphatic heterocycles. The van der Waals surface area contributed by atoms with Gasteiger partial charge in [-0.2, -0.15) is 4.98 Å². The third-order valence-corrected chi connectivity index (χ3v) is 5.39. The van der Waals surface area contributed by atoms with Crippen LogP contribution < -0.4 is 4.90 Å². The van der Waals surface area contributed by atoms with E-state index in [9.17, 15) is 0 Å². The number of nitrogens with zero attached hydrogens (tertiary/aromatic N) is 2. The van der Waals surface area contributed by atoms with E-state index in [0.717, 1.165) is 19.0 Å². The van der Waals surface area contributed by atoms with Gasteiger partial charge in [0.05, 0.1) is 0 Å². The van der Waals surface area contributed by atoms with Crippen molar-refractivity contribution in [2.75, 3.05) is 18.0 Å². The van der Waals surface area contributed by atoms with Crippen LogP contribution in [0.2, 0.25) is 0 Å². The van der Waals surface area contributed by atoms with E-state index in [1.165, 1.54) is 51.4 Å². The zero-order valence-corrected chi connectivity index (χ0v) is 18.1. The largest absolute Gasteiger partial charge is 0.342 e. The number of nitrogens with one attached hydrogen (secondary N) is 2. The third kappa shape index (κ3) is 8.45. The molecule has 2 atom stereocenters. The number of unbranched alkanes of at least 4 members (excludes halogenated alkanes) is 2. The van der Waals surface area contributed by atoms with Crippen LogP contribution >= 0.6 is 24.4 Å². The smallest absolute Gasteiger partial charge is 0.207 e. The molecule has 1 aromatic heterocycles. The first kappa shape index (κ1) is 22.3. The predicted octanol–water partition coefficient (Wildman–Crippen LogP) is 6.44. The summed E-state index contributed by atoms with van der Waals surface area (Å²) < 4.78 is 1.02. The molecule has 25 heavy (non-hydrogen) atoms. The molecular formula is C19H36N4S2. The van der Waals surface area contributed by atoms with Gasteiger partial charge in [0.2, 0.25) is 10.7 Å². The summed E-state index contributed by atoms with van der Waals surface area (Å²) in [6.07, 6.45) is 10.0. The fraction of sp³-hybridized carbons (Fsp3) is 0.842. The summed E-state index contributed by atoms with van der Waals surface area (Å²) in [4.78, 5) is 13.1. The van der Waals surface area contributed by atoms with E-state index in [2.05, 4.69) is 47.5 Å². The van der Waals surface area contributed by atoms with Crippen molar-refractivity contribution in [1.82, 2.24) is 15.0 Å². The van der Waals surface area contributed by atoms with E-state index in [1.54, 1.807) is 0 Å². The minimum atomic E-state index is 0.465. The first-order valence-corrected chi connectivity index (χ1v) is 10.8. The van der Waals surface area contributed by atoms with Gasteiger partial charge in [0.15, 0.2) is 4.77 Å². The molecule has 2 unspecified atom stereocenters. The number of aromatic amines is 2. The van der Waals surface area contributed by atoms with Crippen molar-refractivity contribution in [1.29, 1.82) is 0 Å². The van der Waals surface area contributed by atoms with Gasteiger partial charge in [-0.05, 0) is 49.1 Å². The Morgan fingerprint density at radius 1 is 0.880 bits per heavy atom. The van der Waals surface area contributed by atoms with Gasteiger partial charge < -0.3 is 14.9 Å². The Labute approximate surface area is 163 Å². The van der Waals surface area contributed by atoms with Gasteiger partial charge in [-0.25, -0.2) is 0 Å². The van der Waals surface area contributed by atoms with Crippen LogP contribution in [0.25, 0.3) is 0 Å². The standard InChI is InChI=1S/C19H36N4S2/c1-5-9-11-15(7-3)13-23(14-16(8-4)12-10-6-2)17-20-18(24)22-19(25)21-17/h15-16H,5-14H2,1-4H3,(H2,20,21,22,24,25). The fourth-order valence-corrected chi connectivity index (χ4v) is 3.68. The topological polar surface area (TPSA) is 47.7 Å². The highest BCUT2D eigenvalue weighted by Gasteiger charge is 2.19. The Morgan fingerprint density at radius 2 is 1.40 bits per heavy atom. The molecule has 0 aliphatic carbocycles. The predicted molar refractivity (Wildman–Crippen MR) is 113 cm³/mol. The molecule has 2 N–H and O–H groups in total. The summed E-state index contributed by atoms with van der Waals surface area (Å²) in [6, 6.07) is 0. The lowest BCUT2D eigenvalue weighted by molar-refractivity contribution is 0.400. The quantitative estimate of drug-likeness (QED) is 0.384. The van der Waals surface area contributed by atoms with Crippen LogP contribution in [0.4, 0.5) is 5.95 Å². The van der Waals surface area contributed by atoms with Crippen molar-refractivity contribution in [2.45, 2.75) is 79.1 Å². The number of anilines is 1. The molecule has 0 bridgehead atoms. The molecule has 6 heteroatoms. The SMILES string of the molecule is CCCCC(CC)CN(CC(CC)CCCC)c1nc(=S)[nH]c(=S)[nH]1. The Balaban J connectivity index is 2.99. The highest BCUT2D eigenvalue weighted by Crippen LogP contribution is 2.21. The van der Waals surface area contributed by atoms with Gasteiger partial charge in [0.25, 0.3) is 0 Å². The highest BCUT2D eigenvalue weighted by atomic mass is 32.1. The van der Waals surface area contributed by atoms with E-state index in [4.69, 9.17) is 24.4 Å². The summed E-state index contributed by atoms with van der Waals surface area (Å²) in [5.74, 6) is 2.20. The van der Waals surface area contributed by atoms with Crippen molar-refractivity contribution in [2.24, 2.45) is 11.8 Å². The number of rotatable bonds is 13. The summed E-state index contributed by atoms with van der Waals surface area (Å²) in [6.45, 7) is 11.2. The molecule has 1 heterocycles. The van der Waals surface area contributed by atoms with Crippen molar-refractivity contribution in [3.8, 4) is 0 Å². The second kappa shape index (κ2) is 12.6. The van der Waals surface area contributed by atoms with Crippen molar-refractivity contribution >= 4 is 30.4 Å². The Bertz CT molecular complexity index is 535. The maximum Gasteiger partial charge on any atom is 0.207 e. The van der Waals surface area contributed by atoms with Crippen LogP contribution in [0.15, 0.2) is 0 Å². The van der Waals surface area contributed by atoms with Gasteiger partial charge in [-0.1, -0.05) is 66.2 Å². The average Bonchev–Trinajstić information content (AvgIpc) is 2.59. The second-order valence-electron chi connectivity index (χ2n) is 7.06. The lowest BCUT2D eigenvalue weighted by Gasteiger charge is -2.31. The second-order valence-corrected chi connectivity index (χ2v) is 7.85. The van der Waals surface area contributed by atoms with Crippen LogP contribution in [-0.4, -0.2) is 28.0 Å². The van der Waals surface area contributed by atoms with E-state index < -0.39 is 0 Å². The molecule has 1 rings (SSSR count). The average molecular weight is 385 g/mol. The number of H-pyrrole nitrogens is 2. The maximum atomic E-state index is 5.29. The van der Waals surface area contributed by atoms with Gasteiger partial charge in [-0.15, -0.1) is 0 Å². The Kier molecular flexibility index (Phi) is 11.2. The Hall–Kier alpha value is -0.750. The minimum absolute atomic E-state index is 0.465.